The van der Waals surface area contributed by atoms with E-state index < -0.39 is 0 Å². The smallest absolute Gasteiger partial charge is 0.113 e. The van der Waals surface area contributed by atoms with Gasteiger partial charge in [0, 0.05) is 0 Å². The summed E-state index contributed by atoms with van der Waals surface area (Å²) in [7, 11) is 0. The first kappa shape index (κ1) is 10.1. The van der Waals surface area contributed by atoms with Gasteiger partial charge in [-0.3, -0.25) is 0 Å². The van der Waals surface area contributed by atoms with Crippen molar-refractivity contribution < 1.29 is 0 Å². The molecule has 0 atom stereocenters. The van der Waals surface area contributed by atoms with Gasteiger partial charge in [0.2, 0.25) is 0 Å². The molecule has 2 aromatic rings. The molecule has 1 aromatic heterocycles. The molecule has 0 aliphatic carbocycles. The molecule has 0 unspecified atom stereocenters. The van der Waals surface area contributed by atoms with Crippen LogP contribution >= 0.6 is 0 Å². The highest BCUT2D eigenvalue weighted by Crippen LogP contribution is 2.07. The van der Waals surface area contributed by atoms with Gasteiger partial charge in [0.05, 0.1) is 6.54 Å². The van der Waals surface area contributed by atoms with E-state index >= 15 is 0 Å². The summed E-state index contributed by atoms with van der Waals surface area (Å²) >= 11 is 0. The van der Waals surface area contributed by atoms with Crippen LogP contribution in [-0.2, 0) is 6.54 Å². The standard InChI is InChI=1S/C11H16N4/c12-8-4-1-5-9-15-13-10-6-2-3-7-11(10)14-15/h2-3,6-7H,1,4-5,8-9,12H2. The summed E-state index contributed by atoms with van der Waals surface area (Å²) in [4.78, 5) is 1.78. The molecule has 0 saturated carbocycles. The van der Waals surface area contributed by atoms with E-state index in [1.807, 2.05) is 24.3 Å². The Morgan fingerprint density at radius 1 is 1.00 bits per heavy atom. The number of hydrogen-bond donors (Lipinski definition) is 1. The van der Waals surface area contributed by atoms with Gasteiger partial charge < -0.3 is 5.73 Å². The van der Waals surface area contributed by atoms with Gasteiger partial charge in [-0.2, -0.15) is 15.0 Å². The van der Waals surface area contributed by atoms with Crippen LogP contribution in [0.2, 0.25) is 0 Å². The Morgan fingerprint density at radius 3 is 2.27 bits per heavy atom. The summed E-state index contributed by atoms with van der Waals surface area (Å²) in [6, 6.07) is 7.93. The molecule has 1 aromatic carbocycles. The number of aryl methyl sites for hydroxylation is 1. The van der Waals surface area contributed by atoms with Crippen LogP contribution in [0.15, 0.2) is 24.3 Å². The molecule has 0 saturated heterocycles. The molecule has 0 bridgehead atoms. The van der Waals surface area contributed by atoms with Gasteiger partial charge >= 0.3 is 0 Å². The lowest BCUT2D eigenvalue weighted by Crippen LogP contribution is -2.04. The van der Waals surface area contributed by atoms with E-state index in [-0.39, 0.29) is 0 Å². The lowest BCUT2D eigenvalue weighted by Gasteiger charge is -1.98. The third kappa shape index (κ3) is 2.53. The Balaban J connectivity index is 1.97. The quantitative estimate of drug-likeness (QED) is 0.752. The molecule has 0 aliphatic rings. The van der Waals surface area contributed by atoms with Crippen molar-refractivity contribution in [2.24, 2.45) is 5.73 Å². The topological polar surface area (TPSA) is 56.7 Å². The van der Waals surface area contributed by atoms with Crippen LogP contribution in [0.25, 0.3) is 11.0 Å². The minimum atomic E-state index is 0.772. The highest BCUT2D eigenvalue weighted by molar-refractivity contribution is 5.72. The van der Waals surface area contributed by atoms with Crippen molar-refractivity contribution in [3.63, 3.8) is 0 Å². The molecule has 0 spiro atoms. The maximum absolute atomic E-state index is 5.43. The van der Waals surface area contributed by atoms with Gasteiger partial charge in [0.25, 0.3) is 0 Å². The van der Waals surface area contributed by atoms with E-state index in [9.17, 15) is 0 Å². The van der Waals surface area contributed by atoms with E-state index in [0.717, 1.165) is 43.4 Å². The summed E-state index contributed by atoms with van der Waals surface area (Å²) in [5.74, 6) is 0. The largest absolute Gasteiger partial charge is 0.330 e. The van der Waals surface area contributed by atoms with Crippen LogP contribution in [0, 0.1) is 0 Å². The average molecular weight is 204 g/mol. The zero-order chi connectivity index (χ0) is 10.5. The second-order valence-electron chi connectivity index (χ2n) is 3.63. The number of unbranched alkanes of at least 4 members (excludes halogenated alkanes) is 2. The second kappa shape index (κ2) is 4.89. The average Bonchev–Trinajstić information content (AvgIpc) is 2.67. The molecule has 15 heavy (non-hydrogen) atoms. The Labute approximate surface area is 89.1 Å². The fraction of sp³-hybridized carbons (Fsp3) is 0.455. The lowest BCUT2D eigenvalue weighted by atomic mass is 10.2. The van der Waals surface area contributed by atoms with Crippen molar-refractivity contribution in [2.75, 3.05) is 6.54 Å². The molecular formula is C11H16N4. The number of nitrogens with zero attached hydrogens (tertiary/aromatic N) is 3. The lowest BCUT2D eigenvalue weighted by molar-refractivity contribution is 0.498. The van der Waals surface area contributed by atoms with E-state index in [1.165, 1.54) is 0 Å². The molecule has 4 heteroatoms. The summed E-state index contributed by atoms with van der Waals surface area (Å²) in [5, 5.41) is 8.77. The number of hydrogen-bond acceptors (Lipinski definition) is 3. The predicted molar refractivity (Wildman–Crippen MR) is 60.4 cm³/mol. The summed E-state index contributed by atoms with van der Waals surface area (Å²) < 4.78 is 0. The number of nitrogens with two attached hydrogens (primary N) is 1. The minimum Gasteiger partial charge on any atom is -0.330 e. The van der Waals surface area contributed by atoms with Gasteiger partial charge in [0.15, 0.2) is 0 Å². The van der Waals surface area contributed by atoms with Crippen molar-refractivity contribution >= 4 is 11.0 Å². The number of aromatic nitrogens is 3. The van der Waals surface area contributed by atoms with Crippen LogP contribution in [0.4, 0.5) is 0 Å². The molecule has 80 valence electrons. The van der Waals surface area contributed by atoms with Crippen molar-refractivity contribution in [1.82, 2.24) is 15.0 Å². The van der Waals surface area contributed by atoms with E-state index in [2.05, 4.69) is 10.2 Å². The SMILES string of the molecule is NCCCCCn1nc2ccccc2n1. The number of rotatable bonds is 5. The minimum absolute atomic E-state index is 0.772. The molecule has 1 heterocycles. The highest BCUT2D eigenvalue weighted by Gasteiger charge is 2.00. The van der Waals surface area contributed by atoms with Crippen molar-refractivity contribution in [3.8, 4) is 0 Å². The summed E-state index contributed by atoms with van der Waals surface area (Å²) in [6.07, 6.45) is 3.33. The first-order valence-electron chi connectivity index (χ1n) is 5.40. The van der Waals surface area contributed by atoms with Crippen LogP contribution in [0.3, 0.4) is 0 Å². The molecule has 0 fully saturated rings. The van der Waals surface area contributed by atoms with Gasteiger partial charge in [-0.15, -0.1) is 0 Å². The fourth-order valence-electron chi connectivity index (χ4n) is 1.58. The highest BCUT2D eigenvalue weighted by atomic mass is 15.5. The molecular weight excluding hydrogens is 188 g/mol. The fourth-order valence-corrected chi connectivity index (χ4v) is 1.58. The van der Waals surface area contributed by atoms with Crippen molar-refractivity contribution in [2.45, 2.75) is 25.8 Å². The molecule has 2 N–H and O–H groups in total. The predicted octanol–water partition coefficient (Wildman–Crippen LogP) is 1.56. The van der Waals surface area contributed by atoms with E-state index in [1.54, 1.807) is 4.80 Å². The maximum atomic E-state index is 5.43. The molecule has 0 amide bonds. The van der Waals surface area contributed by atoms with Crippen molar-refractivity contribution in [1.29, 1.82) is 0 Å². The number of fused-ring (bicyclic) bond motifs is 1. The van der Waals surface area contributed by atoms with Crippen LogP contribution in [0.5, 0.6) is 0 Å². The maximum Gasteiger partial charge on any atom is 0.113 e. The normalized spacial score (nSPS) is 11.0. The zero-order valence-electron chi connectivity index (χ0n) is 8.76. The third-order valence-electron chi connectivity index (χ3n) is 2.39. The first-order valence-corrected chi connectivity index (χ1v) is 5.40. The molecule has 2 rings (SSSR count). The zero-order valence-corrected chi connectivity index (χ0v) is 8.76. The van der Waals surface area contributed by atoms with Crippen molar-refractivity contribution in [3.05, 3.63) is 24.3 Å². The van der Waals surface area contributed by atoms with Gasteiger partial charge in [0.1, 0.15) is 11.0 Å². The van der Waals surface area contributed by atoms with Crippen LogP contribution in [0.1, 0.15) is 19.3 Å². The Bertz CT molecular complexity index is 388. The summed E-state index contributed by atoms with van der Waals surface area (Å²) in [5.41, 5.74) is 7.37. The number of benzene rings is 1. The van der Waals surface area contributed by atoms with Crippen LogP contribution < -0.4 is 5.73 Å². The third-order valence-corrected chi connectivity index (χ3v) is 2.39. The van der Waals surface area contributed by atoms with Gasteiger partial charge in [-0.1, -0.05) is 18.6 Å². The monoisotopic (exact) mass is 204 g/mol. The second-order valence-corrected chi connectivity index (χ2v) is 3.63. The first-order chi connectivity index (χ1) is 7.40. The van der Waals surface area contributed by atoms with Gasteiger partial charge in [-0.05, 0) is 31.5 Å². The Hall–Kier alpha value is -1.42. The summed E-state index contributed by atoms with van der Waals surface area (Å²) in [6.45, 7) is 1.66. The van der Waals surface area contributed by atoms with E-state index in [4.69, 9.17) is 5.73 Å². The Morgan fingerprint density at radius 2 is 1.67 bits per heavy atom. The van der Waals surface area contributed by atoms with E-state index in [0.29, 0.717) is 0 Å². The molecule has 4 nitrogen and oxygen atoms in total. The van der Waals surface area contributed by atoms with Gasteiger partial charge in [-0.25, -0.2) is 0 Å². The molecule has 0 aliphatic heterocycles. The molecule has 0 radical (unpaired) electrons. The van der Waals surface area contributed by atoms with Crippen LogP contribution in [-0.4, -0.2) is 21.5 Å². The Kier molecular flexibility index (Phi) is 3.29.